The summed E-state index contributed by atoms with van der Waals surface area (Å²) in [5, 5.41) is 2.57. The molecule has 5 nitrogen and oxygen atoms in total. The van der Waals surface area contributed by atoms with Gasteiger partial charge < -0.3 is 20.5 Å². The van der Waals surface area contributed by atoms with Crippen molar-refractivity contribution < 1.29 is 14.3 Å². The molecule has 1 fully saturated rings. The van der Waals surface area contributed by atoms with E-state index < -0.39 is 6.09 Å². The summed E-state index contributed by atoms with van der Waals surface area (Å²) < 4.78 is 12.3. The molecule has 0 saturated carbocycles. The minimum absolute atomic E-state index is 0.259. The standard InChI is InChI=1S/C11H12Br2N2O3/c12-8-1-6(3-14)2-9(13)10(8)17-5-7-4-15-11(16)18-7/h1-2,7H,3-5,14H2,(H,15,16). The Morgan fingerprint density at radius 1 is 1.44 bits per heavy atom. The van der Waals surface area contributed by atoms with Crippen molar-refractivity contribution in [3.05, 3.63) is 26.6 Å². The number of carbonyl (C=O) groups is 1. The van der Waals surface area contributed by atoms with E-state index in [4.69, 9.17) is 15.2 Å². The quantitative estimate of drug-likeness (QED) is 0.840. The summed E-state index contributed by atoms with van der Waals surface area (Å²) in [6.07, 6.45) is -0.661. The van der Waals surface area contributed by atoms with Gasteiger partial charge in [0.05, 0.1) is 15.5 Å². The normalized spacial score (nSPS) is 18.4. The molecule has 1 unspecified atom stereocenters. The monoisotopic (exact) mass is 378 g/mol. The second kappa shape index (κ2) is 5.90. The lowest BCUT2D eigenvalue weighted by Crippen LogP contribution is -2.22. The fourth-order valence-electron chi connectivity index (χ4n) is 1.57. The first-order chi connectivity index (χ1) is 8.60. The van der Waals surface area contributed by atoms with E-state index >= 15 is 0 Å². The van der Waals surface area contributed by atoms with Gasteiger partial charge in [-0.25, -0.2) is 4.79 Å². The summed E-state index contributed by atoms with van der Waals surface area (Å²) in [5.41, 5.74) is 6.57. The Kier molecular flexibility index (Phi) is 4.47. The number of halogens is 2. The second-order valence-electron chi connectivity index (χ2n) is 3.81. The zero-order chi connectivity index (χ0) is 13.1. The number of ether oxygens (including phenoxy) is 2. The van der Waals surface area contributed by atoms with Gasteiger partial charge in [0.15, 0.2) is 6.10 Å². The van der Waals surface area contributed by atoms with Crippen LogP contribution >= 0.6 is 31.9 Å². The van der Waals surface area contributed by atoms with Gasteiger partial charge in [0, 0.05) is 6.54 Å². The number of benzene rings is 1. The van der Waals surface area contributed by atoms with Crippen LogP contribution in [0.1, 0.15) is 5.56 Å². The van der Waals surface area contributed by atoms with Crippen LogP contribution in [0.15, 0.2) is 21.1 Å². The Labute approximate surface area is 121 Å². The average molecular weight is 380 g/mol. The van der Waals surface area contributed by atoms with E-state index in [1.54, 1.807) is 0 Å². The predicted octanol–water partition coefficient (Wildman–Crippen LogP) is 2.16. The Hall–Kier alpha value is -0.790. The lowest BCUT2D eigenvalue weighted by molar-refractivity contribution is 0.104. The van der Waals surface area contributed by atoms with E-state index in [1.807, 2.05) is 12.1 Å². The summed E-state index contributed by atoms with van der Waals surface area (Å²) in [5.74, 6) is 0.676. The van der Waals surface area contributed by atoms with Gasteiger partial charge in [-0.15, -0.1) is 0 Å². The molecular weight excluding hydrogens is 368 g/mol. The molecule has 1 heterocycles. The number of hydrogen-bond donors (Lipinski definition) is 2. The minimum Gasteiger partial charge on any atom is -0.487 e. The molecule has 18 heavy (non-hydrogen) atoms. The summed E-state index contributed by atoms with van der Waals surface area (Å²) in [6, 6.07) is 3.80. The number of hydrogen-bond acceptors (Lipinski definition) is 4. The lowest BCUT2D eigenvalue weighted by Gasteiger charge is -2.14. The molecule has 0 spiro atoms. The number of amides is 1. The van der Waals surface area contributed by atoms with Crippen molar-refractivity contribution in [1.82, 2.24) is 5.32 Å². The summed E-state index contributed by atoms with van der Waals surface area (Å²) in [7, 11) is 0. The smallest absolute Gasteiger partial charge is 0.407 e. The molecule has 7 heteroatoms. The highest BCUT2D eigenvalue weighted by Gasteiger charge is 2.23. The number of nitrogens with two attached hydrogens (primary N) is 1. The molecule has 0 radical (unpaired) electrons. The number of rotatable bonds is 4. The molecule has 98 valence electrons. The Morgan fingerprint density at radius 3 is 2.61 bits per heavy atom. The molecule has 1 aliphatic rings. The van der Waals surface area contributed by atoms with Gasteiger partial charge in [0.1, 0.15) is 12.4 Å². The van der Waals surface area contributed by atoms with Crippen molar-refractivity contribution in [3.63, 3.8) is 0 Å². The van der Waals surface area contributed by atoms with E-state index in [2.05, 4.69) is 37.2 Å². The molecule has 3 N–H and O–H groups in total. The maximum absolute atomic E-state index is 10.9. The van der Waals surface area contributed by atoms with Gasteiger partial charge in [-0.3, -0.25) is 0 Å². The molecule has 0 aliphatic carbocycles. The van der Waals surface area contributed by atoms with E-state index in [-0.39, 0.29) is 6.10 Å². The van der Waals surface area contributed by atoms with Gasteiger partial charge in [0.25, 0.3) is 0 Å². The summed E-state index contributed by atoms with van der Waals surface area (Å²) >= 11 is 6.85. The molecule has 1 atom stereocenters. The average Bonchev–Trinajstić information content (AvgIpc) is 2.73. The van der Waals surface area contributed by atoms with Gasteiger partial charge in [-0.1, -0.05) is 0 Å². The molecule has 1 aromatic rings. The number of cyclic esters (lactones) is 1. The van der Waals surface area contributed by atoms with Gasteiger partial charge >= 0.3 is 6.09 Å². The van der Waals surface area contributed by atoms with Crippen molar-refractivity contribution in [3.8, 4) is 5.75 Å². The zero-order valence-corrected chi connectivity index (χ0v) is 12.6. The molecule has 2 rings (SSSR count). The topological polar surface area (TPSA) is 73.6 Å². The Morgan fingerprint density at radius 2 is 2.11 bits per heavy atom. The number of alkyl carbamates (subject to hydrolysis) is 1. The van der Waals surface area contributed by atoms with Gasteiger partial charge in [0.2, 0.25) is 0 Å². The first-order valence-electron chi connectivity index (χ1n) is 5.35. The predicted molar refractivity (Wildman–Crippen MR) is 73.5 cm³/mol. The van der Waals surface area contributed by atoms with Crippen molar-refractivity contribution in [2.45, 2.75) is 12.6 Å². The third-order valence-corrected chi connectivity index (χ3v) is 3.63. The highest BCUT2D eigenvalue weighted by Crippen LogP contribution is 2.34. The van der Waals surface area contributed by atoms with Gasteiger partial charge in [-0.05, 0) is 49.6 Å². The SMILES string of the molecule is NCc1cc(Br)c(OCC2CNC(=O)O2)c(Br)c1. The molecular formula is C11H12Br2N2O3. The molecule has 1 aromatic carbocycles. The number of carbonyl (C=O) groups excluding carboxylic acids is 1. The zero-order valence-electron chi connectivity index (χ0n) is 9.41. The molecule has 0 bridgehead atoms. The highest BCUT2D eigenvalue weighted by atomic mass is 79.9. The van der Waals surface area contributed by atoms with Crippen LogP contribution in [0.5, 0.6) is 5.75 Å². The van der Waals surface area contributed by atoms with Crippen LogP contribution in [0.25, 0.3) is 0 Å². The van der Waals surface area contributed by atoms with Crippen LogP contribution in [-0.4, -0.2) is 25.3 Å². The van der Waals surface area contributed by atoms with E-state index in [0.29, 0.717) is 25.4 Å². The minimum atomic E-state index is -0.403. The van der Waals surface area contributed by atoms with Crippen LogP contribution in [0.3, 0.4) is 0 Å². The third kappa shape index (κ3) is 3.15. The van der Waals surface area contributed by atoms with Crippen molar-refractivity contribution in [2.75, 3.05) is 13.2 Å². The summed E-state index contributed by atoms with van der Waals surface area (Å²) in [4.78, 5) is 10.9. The van der Waals surface area contributed by atoms with Crippen molar-refractivity contribution in [2.24, 2.45) is 5.73 Å². The largest absolute Gasteiger partial charge is 0.487 e. The second-order valence-corrected chi connectivity index (χ2v) is 5.52. The van der Waals surface area contributed by atoms with Crippen LogP contribution < -0.4 is 15.8 Å². The van der Waals surface area contributed by atoms with Crippen LogP contribution in [0.2, 0.25) is 0 Å². The van der Waals surface area contributed by atoms with E-state index in [1.165, 1.54) is 0 Å². The van der Waals surface area contributed by atoms with Crippen LogP contribution in [0.4, 0.5) is 4.79 Å². The van der Waals surface area contributed by atoms with Crippen molar-refractivity contribution in [1.29, 1.82) is 0 Å². The summed E-state index contributed by atoms with van der Waals surface area (Å²) in [6.45, 7) is 1.23. The van der Waals surface area contributed by atoms with E-state index in [9.17, 15) is 4.79 Å². The molecule has 1 aliphatic heterocycles. The fraction of sp³-hybridized carbons (Fsp3) is 0.364. The van der Waals surface area contributed by atoms with Crippen LogP contribution in [0, 0.1) is 0 Å². The molecule has 1 saturated heterocycles. The maximum Gasteiger partial charge on any atom is 0.407 e. The molecule has 0 aromatic heterocycles. The Balaban J connectivity index is 2.03. The van der Waals surface area contributed by atoms with Crippen LogP contribution in [-0.2, 0) is 11.3 Å². The highest BCUT2D eigenvalue weighted by molar-refractivity contribution is 9.11. The van der Waals surface area contributed by atoms with E-state index in [0.717, 1.165) is 14.5 Å². The fourth-order valence-corrected chi connectivity index (χ4v) is 3.08. The van der Waals surface area contributed by atoms with Crippen molar-refractivity contribution >= 4 is 38.0 Å². The Bertz CT molecular complexity index is 445. The van der Waals surface area contributed by atoms with Gasteiger partial charge in [-0.2, -0.15) is 0 Å². The third-order valence-electron chi connectivity index (χ3n) is 2.46. The molecule has 1 amide bonds. The first-order valence-corrected chi connectivity index (χ1v) is 6.94. The maximum atomic E-state index is 10.9. The first kappa shape index (κ1) is 13.6. The number of nitrogens with one attached hydrogen (secondary N) is 1. The lowest BCUT2D eigenvalue weighted by atomic mass is 10.2.